The minimum atomic E-state index is -0.593. The predicted molar refractivity (Wildman–Crippen MR) is 67.9 cm³/mol. The quantitative estimate of drug-likeness (QED) is 0.860. The van der Waals surface area contributed by atoms with Crippen LogP contribution in [0.25, 0.3) is 0 Å². The van der Waals surface area contributed by atoms with Crippen molar-refractivity contribution in [1.29, 1.82) is 0 Å². The monoisotopic (exact) mass is 230 g/mol. The third kappa shape index (κ3) is 2.24. The fourth-order valence-electron chi connectivity index (χ4n) is 2.37. The summed E-state index contributed by atoms with van der Waals surface area (Å²) in [5.41, 5.74) is 5.30. The molecule has 0 radical (unpaired) electrons. The van der Waals surface area contributed by atoms with Crippen molar-refractivity contribution in [1.82, 2.24) is 9.78 Å². The lowest BCUT2D eigenvalue weighted by molar-refractivity contribution is 0.218. The molecule has 0 spiro atoms. The van der Waals surface area contributed by atoms with Gasteiger partial charge in [0, 0.05) is 18.8 Å². The van der Waals surface area contributed by atoms with Crippen molar-refractivity contribution in [3.8, 4) is 0 Å². The Hall–Kier alpha value is -1.61. The summed E-state index contributed by atoms with van der Waals surface area (Å²) in [7, 11) is 1.85. The van der Waals surface area contributed by atoms with E-state index in [1.54, 1.807) is 10.9 Å². The van der Waals surface area contributed by atoms with Gasteiger partial charge in [0.05, 0.1) is 6.20 Å². The molecule has 1 atom stereocenters. The zero-order chi connectivity index (χ0) is 12.6. The number of aromatic nitrogens is 2. The van der Waals surface area contributed by atoms with E-state index >= 15 is 0 Å². The van der Waals surface area contributed by atoms with E-state index in [9.17, 15) is 5.11 Å². The van der Waals surface area contributed by atoms with E-state index in [0.29, 0.717) is 0 Å². The first-order valence-corrected chi connectivity index (χ1v) is 5.73. The molecule has 0 amide bonds. The van der Waals surface area contributed by atoms with Gasteiger partial charge in [0.2, 0.25) is 0 Å². The van der Waals surface area contributed by atoms with Gasteiger partial charge in [-0.15, -0.1) is 0 Å². The van der Waals surface area contributed by atoms with Crippen molar-refractivity contribution < 1.29 is 5.11 Å². The van der Waals surface area contributed by atoms with Crippen LogP contribution in [0, 0.1) is 20.8 Å². The highest BCUT2D eigenvalue weighted by Crippen LogP contribution is 2.28. The average Bonchev–Trinajstić information content (AvgIpc) is 2.63. The number of aliphatic hydroxyl groups is 1. The first-order valence-electron chi connectivity index (χ1n) is 5.73. The largest absolute Gasteiger partial charge is 0.384 e. The van der Waals surface area contributed by atoms with Crippen LogP contribution < -0.4 is 0 Å². The number of benzene rings is 1. The molecule has 3 nitrogen and oxygen atoms in total. The minimum absolute atomic E-state index is 0.593. The Bertz CT molecular complexity index is 520. The maximum absolute atomic E-state index is 10.4. The normalized spacial score (nSPS) is 12.8. The van der Waals surface area contributed by atoms with E-state index in [4.69, 9.17) is 0 Å². The zero-order valence-electron chi connectivity index (χ0n) is 10.7. The van der Waals surface area contributed by atoms with Crippen LogP contribution in [0.5, 0.6) is 0 Å². The van der Waals surface area contributed by atoms with E-state index in [1.165, 1.54) is 5.56 Å². The molecule has 0 aliphatic heterocycles. The Morgan fingerprint density at radius 3 is 2.24 bits per heavy atom. The number of aryl methyl sites for hydroxylation is 4. The number of hydrogen-bond acceptors (Lipinski definition) is 2. The molecule has 90 valence electrons. The summed E-state index contributed by atoms with van der Waals surface area (Å²) >= 11 is 0. The third-order valence-electron chi connectivity index (χ3n) is 3.05. The molecule has 1 unspecified atom stereocenters. The lowest BCUT2D eigenvalue weighted by Gasteiger charge is -2.16. The summed E-state index contributed by atoms with van der Waals surface area (Å²) in [6, 6.07) is 4.20. The van der Waals surface area contributed by atoms with Crippen LogP contribution in [0.1, 0.15) is 33.9 Å². The Kier molecular flexibility index (Phi) is 3.03. The summed E-state index contributed by atoms with van der Waals surface area (Å²) in [6.07, 6.45) is 2.97. The molecular weight excluding hydrogens is 212 g/mol. The van der Waals surface area contributed by atoms with Crippen LogP contribution in [0.3, 0.4) is 0 Å². The molecule has 1 N–H and O–H groups in total. The number of hydrogen-bond donors (Lipinski definition) is 1. The Morgan fingerprint density at radius 2 is 1.76 bits per heavy atom. The standard InChI is InChI=1S/C14H18N2O/c1-9-5-10(2)13(11(3)6-9)14(17)12-7-15-16(4)8-12/h5-8,14,17H,1-4H3. The molecule has 1 aromatic carbocycles. The maximum Gasteiger partial charge on any atom is 0.108 e. The molecule has 2 rings (SSSR count). The van der Waals surface area contributed by atoms with Crippen molar-refractivity contribution in [3.05, 3.63) is 52.3 Å². The van der Waals surface area contributed by atoms with Crippen molar-refractivity contribution >= 4 is 0 Å². The fraction of sp³-hybridized carbons (Fsp3) is 0.357. The van der Waals surface area contributed by atoms with Gasteiger partial charge in [-0.3, -0.25) is 4.68 Å². The highest BCUT2D eigenvalue weighted by Gasteiger charge is 2.17. The van der Waals surface area contributed by atoms with E-state index < -0.39 is 6.10 Å². The lowest BCUT2D eigenvalue weighted by atomic mass is 9.93. The molecular formula is C14H18N2O. The summed E-state index contributed by atoms with van der Waals surface area (Å²) < 4.78 is 1.71. The topological polar surface area (TPSA) is 38.1 Å². The Morgan fingerprint density at radius 1 is 1.18 bits per heavy atom. The van der Waals surface area contributed by atoms with E-state index in [2.05, 4.69) is 24.2 Å². The molecule has 0 saturated carbocycles. The van der Waals surface area contributed by atoms with Gasteiger partial charge in [-0.2, -0.15) is 5.10 Å². The van der Waals surface area contributed by atoms with Gasteiger partial charge >= 0.3 is 0 Å². The molecule has 0 fully saturated rings. The smallest absolute Gasteiger partial charge is 0.108 e. The fourth-order valence-corrected chi connectivity index (χ4v) is 2.37. The van der Waals surface area contributed by atoms with Gasteiger partial charge in [-0.25, -0.2) is 0 Å². The van der Waals surface area contributed by atoms with Crippen LogP contribution in [0.2, 0.25) is 0 Å². The Balaban J connectivity index is 2.47. The maximum atomic E-state index is 10.4. The molecule has 0 saturated heterocycles. The summed E-state index contributed by atoms with van der Waals surface area (Å²) in [5, 5.41) is 14.5. The molecule has 1 heterocycles. The molecule has 3 heteroatoms. The number of aliphatic hydroxyl groups excluding tert-OH is 1. The van der Waals surface area contributed by atoms with Crippen LogP contribution >= 0.6 is 0 Å². The number of nitrogens with zero attached hydrogens (tertiary/aromatic N) is 2. The molecule has 0 aliphatic carbocycles. The van der Waals surface area contributed by atoms with Crippen molar-refractivity contribution in [2.75, 3.05) is 0 Å². The lowest BCUT2D eigenvalue weighted by Crippen LogP contribution is -2.04. The molecule has 17 heavy (non-hydrogen) atoms. The molecule has 0 aliphatic rings. The Labute approximate surface area is 102 Å². The van der Waals surface area contributed by atoms with Crippen LogP contribution in [0.15, 0.2) is 24.5 Å². The molecule has 2 aromatic rings. The van der Waals surface area contributed by atoms with Gasteiger partial charge in [-0.1, -0.05) is 17.7 Å². The second kappa shape index (κ2) is 4.34. The van der Waals surface area contributed by atoms with Gasteiger partial charge in [0.15, 0.2) is 0 Å². The van der Waals surface area contributed by atoms with Gasteiger partial charge in [0.1, 0.15) is 6.10 Å². The van der Waals surface area contributed by atoms with Crippen molar-refractivity contribution in [2.45, 2.75) is 26.9 Å². The minimum Gasteiger partial charge on any atom is -0.384 e. The van der Waals surface area contributed by atoms with E-state index in [1.807, 2.05) is 27.1 Å². The van der Waals surface area contributed by atoms with Crippen LogP contribution in [0.4, 0.5) is 0 Å². The SMILES string of the molecule is Cc1cc(C)c(C(O)c2cnn(C)c2)c(C)c1. The van der Waals surface area contributed by atoms with Gasteiger partial charge < -0.3 is 5.11 Å². The zero-order valence-corrected chi connectivity index (χ0v) is 10.7. The van der Waals surface area contributed by atoms with Crippen LogP contribution in [-0.4, -0.2) is 14.9 Å². The molecule has 0 bridgehead atoms. The first-order chi connectivity index (χ1) is 7.99. The number of rotatable bonds is 2. The van der Waals surface area contributed by atoms with Crippen LogP contribution in [-0.2, 0) is 7.05 Å². The highest BCUT2D eigenvalue weighted by atomic mass is 16.3. The second-order valence-electron chi connectivity index (χ2n) is 4.66. The van der Waals surface area contributed by atoms with E-state index in [0.717, 1.165) is 22.3 Å². The molecule has 1 aromatic heterocycles. The van der Waals surface area contributed by atoms with Gasteiger partial charge in [-0.05, 0) is 37.5 Å². The second-order valence-corrected chi connectivity index (χ2v) is 4.66. The van der Waals surface area contributed by atoms with E-state index in [-0.39, 0.29) is 0 Å². The first kappa shape index (κ1) is 11.9. The average molecular weight is 230 g/mol. The van der Waals surface area contributed by atoms with Crippen molar-refractivity contribution in [2.24, 2.45) is 7.05 Å². The highest BCUT2D eigenvalue weighted by molar-refractivity contribution is 5.42. The summed E-state index contributed by atoms with van der Waals surface area (Å²) in [6.45, 7) is 6.14. The summed E-state index contributed by atoms with van der Waals surface area (Å²) in [5.74, 6) is 0. The van der Waals surface area contributed by atoms with Crippen molar-refractivity contribution in [3.63, 3.8) is 0 Å². The predicted octanol–water partition coefficient (Wildman–Crippen LogP) is 2.43. The third-order valence-corrected chi connectivity index (χ3v) is 3.05. The van der Waals surface area contributed by atoms with Gasteiger partial charge in [0.25, 0.3) is 0 Å². The summed E-state index contributed by atoms with van der Waals surface area (Å²) in [4.78, 5) is 0.